The Hall–Kier alpha value is -1.77. The molecule has 0 spiro atoms. The minimum absolute atomic E-state index is 0.0513. The highest BCUT2D eigenvalue weighted by Gasteiger charge is 2.19. The molecule has 3 nitrogen and oxygen atoms in total. The molecule has 1 saturated carbocycles. The summed E-state index contributed by atoms with van der Waals surface area (Å²) in [5.41, 5.74) is 2.03. The second-order valence-electron chi connectivity index (χ2n) is 6.07. The largest absolute Gasteiger partial charge is 0.382 e. The standard InChI is InChI=1S/C17H22N2O/c1-12-7-9-13(10-8-12)18-15-11-17(20)19(2)16-6-4-3-5-14(15)16/h3-6,11-13,18H,7-10H2,1-2H3. The van der Waals surface area contributed by atoms with Gasteiger partial charge in [0, 0.05) is 30.2 Å². The Labute approximate surface area is 119 Å². The summed E-state index contributed by atoms with van der Waals surface area (Å²) in [5.74, 6) is 0.841. The van der Waals surface area contributed by atoms with Crippen LogP contribution in [-0.4, -0.2) is 10.6 Å². The van der Waals surface area contributed by atoms with Crippen LogP contribution in [0.5, 0.6) is 0 Å². The van der Waals surface area contributed by atoms with Gasteiger partial charge < -0.3 is 9.88 Å². The summed E-state index contributed by atoms with van der Waals surface area (Å²) in [6.07, 6.45) is 4.95. The van der Waals surface area contributed by atoms with E-state index in [1.807, 2.05) is 25.2 Å². The predicted octanol–water partition coefficient (Wildman–Crippen LogP) is 3.53. The maximum Gasteiger partial charge on any atom is 0.252 e. The molecule has 2 aromatic rings. The number of fused-ring (bicyclic) bond motifs is 1. The fourth-order valence-corrected chi connectivity index (χ4v) is 3.15. The minimum atomic E-state index is 0.0513. The molecule has 1 N–H and O–H groups in total. The Balaban J connectivity index is 1.95. The van der Waals surface area contributed by atoms with Crippen LogP contribution in [-0.2, 0) is 7.05 Å². The average molecular weight is 270 g/mol. The van der Waals surface area contributed by atoms with Gasteiger partial charge in [0.25, 0.3) is 5.56 Å². The maximum absolute atomic E-state index is 12.1. The zero-order valence-corrected chi connectivity index (χ0v) is 12.2. The second-order valence-corrected chi connectivity index (χ2v) is 6.07. The van der Waals surface area contributed by atoms with Gasteiger partial charge in [-0.05, 0) is 37.7 Å². The number of pyridine rings is 1. The normalized spacial score (nSPS) is 22.9. The van der Waals surface area contributed by atoms with E-state index in [1.165, 1.54) is 25.7 Å². The Morgan fingerprint density at radius 3 is 2.60 bits per heavy atom. The third-order valence-electron chi connectivity index (χ3n) is 4.53. The van der Waals surface area contributed by atoms with E-state index >= 15 is 0 Å². The summed E-state index contributed by atoms with van der Waals surface area (Å²) in [7, 11) is 1.83. The molecule has 0 atom stereocenters. The average Bonchev–Trinajstić information content (AvgIpc) is 2.47. The van der Waals surface area contributed by atoms with E-state index in [0.717, 1.165) is 22.5 Å². The molecule has 0 bridgehead atoms. The van der Waals surface area contributed by atoms with E-state index in [0.29, 0.717) is 6.04 Å². The molecule has 3 heteroatoms. The molecule has 1 aliphatic rings. The van der Waals surface area contributed by atoms with Gasteiger partial charge in [0.15, 0.2) is 0 Å². The van der Waals surface area contributed by atoms with Crippen molar-refractivity contribution in [2.75, 3.05) is 5.32 Å². The quantitative estimate of drug-likeness (QED) is 0.905. The number of para-hydroxylation sites is 1. The molecular weight excluding hydrogens is 248 g/mol. The monoisotopic (exact) mass is 270 g/mol. The molecule has 0 aliphatic heterocycles. The first-order valence-corrected chi connectivity index (χ1v) is 7.50. The Kier molecular flexibility index (Phi) is 3.51. The van der Waals surface area contributed by atoms with Gasteiger partial charge in [0.05, 0.1) is 5.52 Å². The molecule has 1 fully saturated rings. The fraction of sp³-hybridized carbons (Fsp3) is 0.471. The zero-order valence-electron chi connectivity index (χ0n) is 12.2. The number of nitrogens with zero attached hydrogens (tertiary/aromatic N) is 1. The van der Waals surface area contributed by atoms with Crippen LogP contribution in [0.2, 0.25) is 0 Å². The topological polar surface area (TPSA) is 34.0 Å². The van der Waals surface area contributed by atoms with Gasteiger partial charge in [0.2, 0.25) is 0 Å². The first-order chi connectivity index (χ1) is 9.65. The number of aromatic nitrogens is 1. The van der Waals surface area contributed by atoms with Crippen molar-refractivity contribution < 1.29 is 0 Å². The van der Waals surface area contributed by atoms with E-state index in [-0.39, 0.29) is 5.56 Å². The number of rotatable bonds is 2. The highest BCUT2D eigenvalue weighted by atomic mass is 16.1. The molecule has 1 aliphatic carbocycles. The smallest absolute Gasteiger partial charge is 0.252 e. The van der Waals surface area contributed by atoms with Crippen molar-refractivity contribution in [3.05, 3.63) is 40.7 Å². The minimum Gasteiger partial charge on any atom is -0.382 e. The number of aryl methyl sites for hydroxylation is 1. The van der Waals surface area contributed by atoms with Gasteiger partial charge in [-0.3, -0.25) is 4.79 Å². The lowest BCUT2D eigenvalue weighted by atomic mass is 9.87. The van der Waals surface area contributed by atoms with Crippen molar-refractivity contribution >= 4 is 16.6 Å². The Morgan fingerprint density at radius 1 is 1.15 bits per heavy atom. The van der Waals surface area contributed by atoms with E-state index in [2.05, 4.69) is 18.3 Å². The van der Waals surface area contributed by atoms with Crippen molar-refractivity contribution in [2.24, 2.45) is 13.0 Å². The number of hydrogen-bond donors (Lipinski definition) is 1. The molecule has 1 aromatic heterocycles. The zero-order chi connectivity index (χ0) is 14.1. The van der Waals surface area contributed by atoms with Gasteiger partial charge >= 0.3 is 0 Å². The van der Waals surface area contributed by atoms with Gasteiger partial charge in [0.1, 0.15) is 0 Å². The number of hydrogen-bond acceptors (Lipinski definition) is 2. The van der Waals surface area contributed by atoms with E-state index in [9.17, 15) is 4.79 Å². The van der Waals surface area contributed by atoms with Gasteiger partial charge in [-0.2, -0.15) is 0 Å². The first kappa shape index (κ1) is 13.2. The summed E-state index contributed by atoms with van der Waals surface area (Å²) in [6.45, 7) is 2.32. The highest BCUT2D eigenvalue weighted by molar-refractivity contribution is 5.91. The number of benzene rings is 1. The van der Waals surface area contributed by atoms with Gasteiger partial charge in [-0.1, -0.05) is 25.1 Å². The van der Waals surface area contributed by atoms with Crippen molar-refractivity contribution in [3.8, 4) is 0 Å². The van der Waals surface area contributed by atoms with Gasteiger partial charge in [-0.25, -0.2) is 0 Å². The van der Waals surface area contributed by atoms with Crippen LogP contribution < -0.4 is 10.9 Å². The van der Waals surface area contributed by atoms with Crippen LogP contribution in [0.4, 0.5) is 5.69 Å². The van der Waals surface area contributed by atoms with Crippen LogP contribution in [0.3, 0.4) is 0 Å². The van der Waals surface area contributed by atoms with Crippen LogP contribution in [0, 0.1) is 5.92 Å². The first-order valence-electron chi connectivity index (χ1n) is 7.50. The lowest BCUT2D eigenvalue weighted by Crippen LogP contribution is -2.26. The van der Waals surface area contributed by atoms with Crippen molar-refractivity contribution in [1.82, 2.24) is 4.57 Å². The highest BCUT2D eigenvalue weighted by Crippen LogP contribution is 2.28. The fourth-order valence-electron chi connectivity index (χ4n) is 3.15. The van der Waals surface area contributed by atoms with Crippen molar-refractivity contribution in [2.45, 2.75) is 38.6 Å². The van der Waals surface area contributed by atoms with E-state index in [1.54, 1.807) is 10.6 Å². The maximum atomic E-state index is 12.1. The van der Waals surface area contributed by atoms with E-state index in [4.69, 9.17) is 0 Å². The Bertz CT molecular complexity index is 666. The molecule has 1 heterocycles. The molecule has 0 saturated heterocycles. The summed E-state index contributed by atoms with van der Waals surface area (Å²) < 4.78 is 1.71. The molecule has 0 amide bonds. The number of anilines is 1. The van der Waals surface area contributed by atoms with Crippen molar-refractivity contribution in [1.29, 1.82) is 0 Å². The van der Waals surface area contributed by atoms with Gasteiger partial charge in [-0.15, -0.1) is 0 Å². The van der Waals surface area contributed by atoms with Crippen LogP contribution in [0.1, 0.15) is 32.6 Å². The van der Waals surface area contributed by atoms with Crippen molar-refractivity contribution in [3.63, 3.8) is 0 Å². The third kappa shape index (κ3) is 2.45. The molecule has 106 valence electrons. The lowest BCUT2D eigenvalue weighted by molar-refractivity contribution is 0.361. The molecule has 0 unspecified atom stereocenters. The molecule has 3 rings (SSSR count). The van der Waals surface area contributed by atoms with Crippen LogP contribution in [0.15, 0.2) is 35.1 Å². The molecule has 20 heavy (non-hydrogen) atoms. The Morgan fingerprint density at radius 2 is 1.85 bits per heavy atom. The molecule has 0 radical (unpaired) electrons. The number of nitrogens with one attached hydrogen (secondary N) is 1. The summed E-state index contributed by atoms with van der Waals surface area (Å²) >= 11 is 0. The third-order valence-corrected chi connectivity index (χ3v) is 4.53. The van der Waals surface area contributed by atoms with Crippen LogP contribution in [0.25, 0.3) is 10.9 Å². The summed E-state index contributed by atoms with van der Waals surface area (Å²) in [4.78, 5) is 12.1. The summed E-state index contributed by atoms with van der Waals surface area (Å²) in [5, 5.41) is 4.73. The lowest BCUT2D eigenvalue weighted by Gasteiger charge is -2.28. The molecular formula is C17H22N2O. The second kappa shape index (κ2) is 5.31. The van der Waals surface area contributed by atoms with Crippen LogP contribution >= 0.6 is 0 Å². The predicted molar refractivity (Wildman–Crippen MR) is 84.2 cm³/mol. The summed E-state index contributed by atoms with van der Waals surface area (Å²) in [6, 6.07) is 10.3. The SMILES string of the molecule is CC1CCC(Nc2cc(=O)n(C)c3ccccc23)CC1. The molecule has 1 aromatic carbocycles. The van der Waals surface area contributed by atoms with E-state index < -0.39 is 0 Å².